The third-order valence-electron chi connectivity index (χ3n) is 5.63. The van der Waals surface area contributed by atoms with Gasteiger partial charge in [0.1, 0.15) is 18.1 Å². The maximum Gasteiger partial charge on any atom is 0.326 e. The Balaban J connectivity index is 2.87. The summed E-state index contributed by atoms with van der Waals surface area (Å²) in [6.45, 7) is 0.790. The molecule has 0 bridgehead atoms. The van der Waals surface area contributed by atoms with Crippen molar-refractivity contribution in [1.82, 2.24) is 15.5 Å². The van der Waals surface area contributed by atoms with Crippen molar-refractivity contribution in [3.8, 4) is 0 Å². The summed E-state index contributed by atoms with van der Waals surface area (Å²) in [7, 11) is 0. The molecular weight excluding hydrogens is 466 g/mol. The van der Waals surface area contributed by atoms with Gasteiger partial charge < -0.3 is 37.2 Å². The number of unbranched alkanes of at least 4 members (excludes halogenated alkanes) is 1. The number of nitrogens with zero attached hydrogens (tertiary/aromatic N) is 1. The van der Waals surface area contributed by atoms with Gasteiger partial charge in [-0.25, -0.2) is 4.79 Å². The molecule has 0 spiro atoms. The Kier molecular flexibility index (Phi) is 13.5. The first-order valence-corrected chi connectivity index (χ1v) is 12.8. The van der Waals surface area contributed by atoms with Crippen molar-refractivity contribution < 1.29 is 34.2 Å². The van der Waals surface area contributed by atoms with E-state index in [0.29, 0.717) is 44.4 Å². The minimum absolute atomic E-state index is 0.272. The lowest BCUT2D eigenvalue weighted by molar-refractivity contribution is -0.145. The van der Waals surface area contributed by atoms with Crippen LogP contribution in [0, 0.1) is 0 Å². The molecule has 0 aromatic carbocycles. The monoisotopic (exact) mass is 503 g/mol. The maximum atomic E-state index is 13.3. The number of carbonyl (C=O) groups excluding carboxylic acids is 3. The highest BCUT2D eigenvalue weighted by Gasteiger charge is 2.39. The molecule has 0 aromatic rings. The van der Waals surface area contributed by atoms with Crippen molar-refractivity contribution >= 4 is 41.4 Å². The molecule has 0 aliphatic carbocycles. The number of carboxylic acids is 2. The van der Waals surface area contributed by atoms with Crippen LogP contribution < -0.4 is 22.1 Å². The molecule has 1 aliphatic rings. The van der Waals surface area contributed by atoms with Gasteiger partial charge in [-0.05, 0) is 57.1 Å². The van der Waals surface area contributed by atoms with Crippen molar-refractivity contribution in [1.29, 1.82) is 0 Å². The number of thioether (sulfide) groups is 1. The van der Waals surface area contributed by atoms with Crippen molar-refractivity contribution in [2.24, 2.45) is 11.5 Å². The molecule has 1 fully saturated rings. The van der Waals surface area contributed by atoms with Crippen LogP contribution >= 0.6 is 11.8 Å². The van der Waals surface area contributed by atoms with Crippen molar-refractivity contribution in [3.05, 3.63) is 0 Å². The van der Waals surface area contributed by atoms with Crippen LogP contribution in [-0.2, 0) is 24.0 Å². The number of nitrogens with one attached hydrogen (secondary N) is 2. The number of carbonyl (C=O) groups is 5. The molecule has 1 heterocycles. The van der Waals surface area contributed by atoms with Crippen LogP contribution in [0.5, 0.6) is 0 Å². The molecule has 0 saturated carbocycles. The molecule has 8 N–H and O–H groups in total. The first-order chi connectivity index (χ1) is 16.1. The molecule has 3 amide bonds. The molecule has 13 heteroatoms. The molecule has 1 rings (SSSR count). The Morgan fingerprint density at radius 2 is 1.76 bits per heavy atom. The van der Waals surface area contributed by atoms with Gasteiger partial charge in [-0.1, -0.05) is 6.42 Å². The first-order valence-electron chi connectivity index (χ1n) is 11.4. The average molecular weight is 504 g/mol. The van der Waals surface area contributed by atoms with Crippen molar-refractivity contribution in [2.45, 2.75) is 75.5 Å². The highest BCUT2D eigenvalue weighted by molar-refractivity contribution is 7.98. The highest BCUT2D eigenvalue weighted by Crippen LogP contribution is 2.20. The largest absolute Gasteiger partial charge is 0.481 e. The minimum Gasteiger partial charge on any atom is -0.481 e. The topological polar surface area (TPSA) is 205 Å². The van der Waals surface area contributed by atoms with Crippen LogP contribution in [0.3, 0.4) is 0 Å². The van der Waals surface area contributed by atoms with E-state index in [2.05, 4.69) is 10.6 Å². The fourth-order valence-electron chi connectivity index (χ4n) is 3.71. The maximum absolute atomic E-state index is 13.3. The normalized spacial score (nSPS) is 18.1. The van der Waals surface area contributed by atoms with Crippen LogP contribution in [0.1, 0.15) is 51.4 Å². The molecule has 12 nitrogen and oxygen atoms in total. The second-order valence-electron chi connectivity index (χ2n) is 8.26. The number of amides is 3. The van der Waals surface area contributed by atoms with E-state index in [4.69, 9.17) is 16.6 Å². The number of aliphatic carboxylic acids is 2. The zero-order chi connectivity index (χ0) is 25.7. The van der Waals surface area contributed by atoms with E-state index in [0.717, 1.165) is 6.42 Å². The third-order valence-corrected chi connectivity index (χ3v) is 6.28. The predicted molar refractivity (Wildman–Crippen MR) is 127 cm³/mol. The van der Waals surface area contributed by atoms with Crippen LogP contribution in [0.4, 0.5) is 0 Å². The van der Waals surface area contributed by atoms with Gasteiger partial charge in [0, 0.05) is 13.0 Å². The van der Waals surface area contributed by atoms with Crippen molar-refractivity contribution in [3.63, 3.8) is 0 Å². The molecule has 4 unspecified atom stereocenters. The number of carboxylic acid groups (broad SMARTS) is 2. The highest BCUT2D eigenvalue weighted by atomic mass is 32.2. The number of rotatable bonds is 16. The van der Waals surface area contributed by atoms with Gasteiger partial charge in [0.15, 0.2) is 0 Å². The molecule has 0 radical (unpaired) electrons. The quantitative estimate of drug-likeness (QED) is 0.143. The van der Waals surface area contributed by atoms with Gasteiger partial charge in [-0.3, -0.25) is 19.2 Å². The second kappa shape index (κ2) is 15.5. The summed E-state index contributed by atoms with van der Waals surface area (Å²) >= 11 is 1.51. The van der Waals surface area contributed by atoms with Crippen LogP contribution in [-0.4, -0.2) is 94.0 Å². The molecule has 34 heavy (non-hydrogen) atoms. The number of hydrogen-bond donors (Lipinski definition) is 6. The third kappa shape index (κ3) is 9.85. The van der Waals surface area contributed by atoms with Gasteiger partial charge in [0.25, 0.3) is 0 Å². The zero-order valence-electron chi connectivity index (χ0n) is 19.5. The van der Waals surface area contributed by atoms with E-state index in [1.807, 2.05) is 6.26 Å². The van der Waals surface area contributed by atoms with E-state index in [-0.39, 0.29) is 13.0 Å². The summed E-state index contributed by atoms with van der Waals surface area (Å²) in [4.78, 5) is 62.2. The predicted octanol–water partition coefficient (Wildman–Crippen LogP) is -0.894. The van der Waals surface area contributed by atoms with Gasteiger partial charge in [-0.15, -0.1) is 0 Å². The van der Waals surface area contributed by atoms with E-state index in [1.54, 1.807) is 0 Å². The fourth-order valence-corrected chi connectivity index (χ4v) is 4.18. The molecular formula is C21H37N5O7S. The molecule has 4 atom stereocenters. The molecule has 0 aromatic heterocycles. The van der Waals surface area contributed by atoms with Gasteiger partial charge >= 0.3 is 11.9 Å². The summed E-state index contributed by atoms with van der Waals surface area (Å²) in [5.41, 5.74) is 11.4. The minimum atomic E-state index is -1.38. The Hall–Kier alpha value is -2.38. The van der Waals surface area contributed by atoms with E-state index < -0.39 is 60.2 Å². The Morgan fingerprint density at radius 3 is 2.35 bits per heavy atom. The van der Waals surface area contributed by atoms with E-state index in [1.165, 1.54) is 16.7 Å². The summed E-state index contributed by atoms with van der Waals surface area (Å²) in [6, 6.07) is -3.92. The lowest BCUT2D eigenvalue weighted by Gasteiger charge is -2.30. The molecule has 1 aliphatic heterocycles. The first kappa shape index (κ1) is 29.7. The Bertz CT molecular complexity index is 724. The van der Waals surface area contributed by atoms with Crippen LogP contribution in [0.15, 0.2) is 0 Å². The number of nitrogens with two attached hydrogens (primary N) is 2. The van der Waals surface area contributed by atoms with Crippen LogP contribution in [0.2, 0.25) is 0 Å². The second-order valence-corrected chi connectivity index (χ2v) is 9.24. The van der Waals surface area contributed by atoms with Gasteiger partial charge in [0.05, 0.1) is 6.04 Å². The summed E-state index contributed by atoms with van der Waals surface area (Å²) < 4.78 is 0. The van der Waals surface area contributed by atoms with Crippen molar-refractivity contribution in [2.75, 3.05) is 25.1 Å². The summed E-state index contributed by atoms with van der Waals surface area (Å²) in [5.74, 6) is -3.45. The zero-order valence-corrected chi connectivity index (χ0v) is 20.3. The SMILES string of the molecule is CSCCC(NC(=O)C(N)CCCCN)C(=O)N1CCCC1C(=O)NC(CCC(=O)O)C(=O)O. The average Bonchev–Trinajstić information content (AvgIpc) is 3.28. The standard InChI is InChI=1S/C21H37N5O7S/c1-34-12-9-14(24-18(29)13(23)5-2-3-10-22)20(31)26-11-4-6-16(26)19(30)25-15(21(32)33)7-8-17(27)28/h13-16H,2-12,22-23H2,1H3,(H,24,29)(H,25,30)(H,27,28)(H,32,33). The Morgan fingerprint density at radius 1 is 1.06 bits per heavy atom. The molecule has 194 valence electrons. The number of hydrogen-bond acceptors (Lipinski definition) is 8. The lowest BCUT2D eigenvalue weighted by atomic mass is 10.1. The summed E-state index contributed by atoms with van der Waals surface area (Å²) in [5, 5.41) is 23.2. The summed E-state index contributed by atoms with van der Waals surface area (Å²) in [6.07, 6.45) is 4.28. The lowest BCUT2D eigenvalue weighted by Crippen LogP contribution is -2.57. The van der Waals surface area contributed by atoms with E-state index in [9.17, 15) is 29.1 Å². The van der Waals surface area contributed by atoms with E-state index >= 15 is 0 Å². The Labute approximate surface area is 203 Å². The van der Waals surface area contributed by atoms with Gasteiger partial charge in [0.2, 0.25) is 17.7 Å². The number of likely N-dealkylation sites (tertiary alicyclic amines) is 1. The fraction of sp³-hybridized carbons (Fsp3) is 0.762. The smallest absolute Gasteiger partial charge is 0.326 e. The molecule has 1 saturated heterocycles. The van der Waals surface area contributed by atoms with Crippen LogP contribution in [0.25, 0.3) is 0 Å². The van der Waals surface area contributed by atoms with Gasteiger partial charge in [-0.2, -0.15) is 11.8 Å².